The maximum Gasteiger partial charge on any atom is 0.216 e. The third-order valence-corrected chi connectivity index (χ3v) is 6.82. The first-order valence-corrected chi connectivity index (χ1v) is 12.4. The van der Waals surface area contributed by atoms with Crippen LogP contribution in [0.15, 0.2) is 121 Å². The lowest BCUT2D eigenvalue weighted by Gasteiger charge is -2.28. The number of carbonyl (C=O) groups is 1. The molecule has 1 N–H and O–H groups in total. The largest absolute Gasteiger partial charge is 0.292 e. The second-order valence-corrected chi connectivity index (χ2v) is 9.62. The van der Waals surface area contributed by atoms with E-state index < -0.39 is 22.0 Å². The van der Waals surface area contributed by atoms with Crippen molar-refractivity contribution >= 4 is 15.8 Å². The van der Waals surface area contributed by atoms with Gasteiger partial charge in [0.2, 0.25) is 10.0 Å². The number of benzene rings is 4. The third kappa shape index (κ3) is 5.83. The summed E-state index contributed by atoms with van der Waals surface area (Å²) in [6, 6.07) is 35.9. The lowest BCUT2D eigenvalue weighted by atomic mass is 9.82. The molecule has 0 aromatic heterocycles. The van der Waals surface area contributed by atoms with E-state index in [0.717, 1.165) is 11.1 Å². The van der Waals surface area contributed by atoms with Crippen LogP contribution < -0.4 is 4.72 Å². The van der Waals surface area contributed by atoms with Crippen molar-refractivity contribution in [2.75, 3.05) is 0 Å². The van der Waals surface area contributed by atoms with Crippen molar-refractivity contribution in [2.45, 2.75) is 17.7 Å². The monoisotopic (exact) mass is 455 g/mol. The van der Waals surface area contributed by atoms with E-state index in [1.165, 1.54) is 0 Å². The summed E-state index contributed by atoms with van der Waals surface area (Å²) in [5.41, 5.74) is 2.84. The van der Waals surface area contributed by atoms with Crippen LogP contribution in [0.25, 0.3) is 0 Å². The Balaban J connectivity index is 1.79. The third-order valence-electron chi connectivity index (χ3n) is 5.50. The minimum absolute atomic E-state index is 0.206. The van der Waals surface area contributed by atoms with Crippen molar-refractivity contribution in [1.29, 1.82) is 0 Å². The van der Waals surface area contributed by atoms with Crippen molar-refractivity contribution in [1.82, 2.24) is 4.72 Å². The van der Waals surface area contributed by atoms with Crippen LogP contribution >= 0.6 is 0 Å². The Hall–Kier alpha value is -3.54. The lowest BCUT2D eigenvalue weighted by molar-refractivity contribution is 0.0945. The predicted octanol–water partition coefficient (Wildman–Crippen LogP) is 5.19. The summed E-state index contributed by atoms with van der Waals surface area (Å²) in [5.74, 6) is -0.974. The first kappa shape index (κ1) is 22.6. The van der Waals surface area contributed by atoms with Crippen molar-refractivity contribution in [3.05, 3.63) is 144 Å². The Kier molecular flexibility index (Phi) is 7.13. The van der Waals surface area contributed by atoms with E-state index in [1.807, 2.05) is 72.8 Å². The van der Waals surface area contributed by atoms with E-state index in [-0.39, 0.29) is 11.5 Å². The highest BCUT2D eigenvalue weighted by atomic mass is 32.2. The highest BCUT2D eigenvalue weighted by Crippen LogP contribution is 2.30. The predicted molar refractivity (Wildman–Crippen MR) is 131 cm³/mol. The Labute approximate surface area is 195 Å². The van der Waals surface area contributed by atoms with Gasteiger partial charge in [0.05, 0.1) is 11.8 Å². The molecule has 0 spiro atoms. The van der Waals surface area contributed by atoms with Crippen LogP contribution in [0.4, 0.5) is 0 Å². The summed E-state index contributed by atoms with van der Waals surface area (Å²) in [6.07, 6.45) is 0. The molecule has 0 fully saturated rings. The van der Waals surface area contributed by atoms with Gasteiger partial charge >= 0.3 is 0 Å². The first-order chi connectivity index (χ1) is 16.0. The zero-order chi connectivity index (χ0) is 23.1. The van der Waals surface area contributed by atoms with Crippen LogP contribution in [0, 0.1) is 0 Å². The number of Topliss-reactive ketones (excluding diaryl/α,β-unsaturated/α-hetero) is 1. The van der Waals surface area contributed by atoms with Crippen molar-refractivity contribution in [2.24, 2.45) is 0 Å². The number of hydrogen-bond acceptors (Lipinski definition) is 3. The maximum atomic E-state index is 13.7. The van der Waals surface area contributed by atoms with Gasteiger partial charge in [-0.1, -0.05) is 121 Å². The molecule has 4 aromatic carbocycles. The fourth-order valence-electron chi connectivity index (χ4n) is 3.98. The van der Waals surface area contributed by atoms with Gasteiger partial charge in [0.25, 0.3) is 0 Å². The maximum absolute atomic E-state index is 13.7. The van der Waals surface area contributed by atoms with Crippen molar-refractivity contribution in [3.63, 3.8) is 0 Å². The van der Waals surface area contributed by atoms with Gasteiger partial charge in [-0.2, -0.15) is 0 Å². The number of hydrogen-bond donors (Lipinski definition) is 1. The molecule has 0 aliphatic heterocycles. The summed E-state index contributed by atoms with van der Waals surface area (Å²) in [7, 11) is -3.82. The highest BCUT2D eigenvalue weighted by Gasteiger charge is 2.34. The molecule has 166 valence electrons. The molecule has 1 atom stereocenters. The molecule has 0 saturated heterocycles. The summed E-state index contributed by atoms with van der Waals surface area (Å²) in [4.78, 5) is 13.7. The molecular weight excluding hydrogens is 430 g/mol. The number of nitrogens with one attached hydrogen (secondary N) is 1. The van der Waals surface area contributed by atoms with Crippen LogP contribution in [0.5, 0.6) is 0 Å². The van der Waals surface area contributed by atoms with E-state index in [1.54, 1.807) is 48.5 Å². The zero-order valence-electron chi connectivity index (χ0n) is 18.0. The Morgan fingerprint density at radius 3 is 1.55 bits per heavy atom. The number of ketones is 1. The molecule has 0 aliphatic rings. The molecule has 33 heavy (non-hydrogen) atoms. The van der Waals surface area contributed by atoms with Gasteiger partial charge in [-0.05, 0) is 16.7 Å². The van der Waals surface area contributed by atoms with Crippen LogP contribution in [0.1, 0.15) is 33.0 Å². The molecule has 0 radical (unpaired) electrons. The van der Waals surface area contributed by atoms with Gasteiger partial charge in [-0.25, -0.2) is 13.1 Å². The second-order valence-electron chi connectivity index (χ2n) is 7.87. The number of carbonyl (C=O) groups excluding carboxylic acids is 1. The van der Waals surface area contributed by atoms with Gasteiger partial charge in [0, 0.05) is 11.5 Å². The van der Waals surface area contributed by atoms with E-state index in [4.69, 9.17) is 0 Å². The lowest BCUT2D eigenvalue weighted by Crippen LogP contribution is -2.45. The van der Waals surface area contributed by atoms with Gasteiger partial charge in [-0.3, -0.25) is 4.79 Å². The standard InChI is InChI=1S/C28H25NO3S/c30-28(25-19-11-4-12-20-25)27(29-33(31,32)21-22-13-5-1-6-14-22)26(23-15-7-2-8-16-23)24-17-9-3-10-18-24/h1-20,26-27,29H,21H2/t27-/m1/s1. The molecule has 0 bridgehead atoms. The summed E-state index contributed by atoms with van der Waals surface area (Å²) in [6.45, 7) is 0. The molecule has 4 nitrogen and oxygen atoms in total. The minimum Gasteiger partial charge on any atom is -0.292 e. The molecule has 0 saturated carbocycles. The summed E-state index contributed by atoms with van der Waals surface area (Å²) < 4.78 is 29.3. The average molecular weight is 456 g/mol. The molecule has 5 heteroatoms. The van der Waals surface area contributed by atoms with E-state index in [2.05, 4.69) is 4.72 Å². The first-order valence-electron chi connectivity index (χ1n) is 10.8. The Morgan fingerprint density at radius 1 is 0.636 bits per heavy atom. The Morgan fingerprint density at radius 2 is 1.06 bits per heavy atom. The van der Waals surface area contributed by atoms with Crippen LogP contribution in [0.2, 0.25) is 0 Å². The number of rotatable bonds is 9. The van der Waals surface area contributed by atoms with Crippen molar-refractivity contribution < 1.29 is 13.2 Å². The van der Waals surface area contributed by atoms with Gasteiger partial charge in [-0.15, -0.1) is 0 Å². The molecule has 0 heterocycles. The van der Waals surface area contributed by atoms with Crippen molar-refractivity contribution in [3.8, 4) is 0 Å². The average Bonchev–Trinajstić information content (AvgIpc) is 2.85. The highest BCUT2D eigenvalue weighted by molar-refractivity contribution is 7.88. The zero-order valence-corrected chi connectivity index (χ0v) is 18.9. The topological polar surface area (TPSA) is 63.2 Å². The molecule has 0 aliphatic carbocycles. The summed E-state index contributed by atoms with van der Waals surface area (Å²) in [5, 5.41) is 0. The molecule has 4 aromatic rings. The quantitative estimate of drug-likeness (QED) is 0.353. The molecular formula is C28H25NO3S. The Bertz CT molecular complexity index is 1240. The van der Waals surface area contributed by atoms with E-state index in [0.29, 0.717) is 11.1 Å². The number of sulfonamides is 1. The fraction of sp³-hybridized carbons (Fsp3) is 0.107. The fourth-order valence-corrected chi connectivity index (χ4v) is 5.33. The summed E-state index contributed by atoms with van der Waals surface area (Å²) >= 11 is 0. The van der Waals surface area contributed by atoms with Gasteiger partial charge in [0.1, 0.15) is 0 Å². The van der Waals surface area contributed by atoms with Crippen LogP contribution in [-0.4, -0.2) is 20.2 Å². The smallest absolute Gasteiger partial charge is 0.216 e. The SMILES string of the molecule is O=C(c1ccccc1)[C@H](NS(=O)(=O)Cc1ccccc1)C(c1ccccc1)c1ccccc1. The minimum atomic E-state index is -3.82. The van der Waals surface area contributed by atoms with Crippen LogP contribution in [-0.2, 0) is 15.8 Å². The van der Waals surface area contributed by atoms with Crippen LogP contribution in [0.3, 0.4) is 0 Å². The second kappa shape index (κ2) is 10.4. The molecule has 4 rings (SSSR count). The van der Waals surface area contributed by atoms with E-state index in [9.17, 15) is 13.2 Å². The molecule has 0 unspecified atom stereocenters. The van der Waals surface area contributed by atoms with Gasteiger partial charge < -0.3 is 0 Å². The normalized spacial score (nSPS) is 12.4. The van der Waals surface area contributed by atoms with Gasteiger partial charge in [0.15, 0.2) is 5.78 Å². The van der Waals surface area contributed by atoms with E-state index >= 15 is 0 Å². The molecule has 0 amide bonds.